The Labute approximate surface area is 173 Å². The van der Waals surface area contributed by atoms with Gasteiger partial charge in [-0.2, -0.15) is 5.10 Å². The molecule has 0 spiro atoms. The number of fused-ring (bicyclic) bond motifs is 1. The van der Waals surface area contributed by atoms with Crippen LogP contribution in [-0.2, 0) is 11.8 Å². The Kier molecular flexibility index (Phi) is 5.46. The van der Waals surface area contributed by atoms with E-state index in [1.807, 2.05) is 31.4 Å². The second kappa shape index (κ2) is 8.06. The van der Waals surface area contributed by atoms with E-state index >= 15 is 0 Å². The molecule has 158 valence electrons. The molecule has 2 aromatic heterocycles. The first-order valence-electron chi connectivity index (χ1n) is 9.94. The number of hydrogen-bond donors (Lipinski definition) is 1. The van der Waals surface area contributed by atoms with E-state index in [1.54, 1.807) is 22.0 Å². The summed E-state index contributed by atoms with van der Waals surface area (Å²) < 4.78 is 28.1. The predicted octanol–water partition coefficient (Wildman–Crippen LogP) is 3.34. The Morgan fingerprint density at radius 2 is 2.00 bits per heavy atom. The lowest BCUT2D eigenvalue weighted by atomic mass is 9.96. The van der Waals surface area contributed by atoms with Crippen molar-refractivity contribution in [2.45, 2.75) is 25.7 Å². The van der Waals surface area contributed by atoms with E-state index in [4.69, 9.17) is 0 Å². The molecule has 0 radical (unpaired) electrons. The molecular formula is C21H24F2N6O. The van der Waals surface area contributed by atoms with Crippen LogP contribution in [0.4, 0.5) is 14.7 Å². The highest BCUT2D eigenvalue weighted by molar-refractivity contribution is 5.92. The average Bonchev–Trinajstić information content (AvgIpc) is 3.13. The van der Waals surface area contributed by atoms with E-state index in [2.05, 4.69) is 20.4 Å². The minimum absolute atomic E-state index is 0.166. The molecule has 9 heteroatoms. The van der Waals surface area contributed by atoms with E-state index in [1.165, 1.54) is 0 Å². The number of amides is 1. The van der Waals surface area contributed by atoms with Crippen LogP contribution >= 0.6 is 0 Å². The molecule has 7 nitrogen and oxygen atoms in total. The van der Waals surface area contributed by atoms with Gasteiger partial charge in [-0.25, -0.2) is 18.7 Å². The van der Waals surface area contributed by atoms with Crippen molar-refractivity contribution in [3.8, 4) is 11.1 Å². The number of rotatable bonds is 5. The first-order chi connectivity index (χ1) is 14.3. The number of carbonyl (C=O) groups is 1. The number of benzene rings is 1. The third-order valence-electron chi connectivity index (χ3n) is 5.32. The number of likely N-dealkylation sites (tertiary alicyclic amines) is 1. The number of halogens is 2. The molecule has 1 aromatic carbocycles. The number of piperidine rings is 1. The lowest BCUT2D eigenvalue weighted by Crippen LogP contribution is -2.42. The number of nitrogens with one attached hydrogen (secondary N) is 1. The smallest absolute Gasteiger partial charge is 0.257 e. The average molecular weight is 414 g/mol. The number of anilines is 1. The lowest BCUT2D eigenvalue weighted by Gasteiger charge is -2.32. The number of aromatic nitrogens is 4. The van der Waals surface area contributed by atoms with Crippen LogP contribution in [0.3, 0.4) is 0 Å². The van der Waals surface area contributed by atoms with Crippen LogP contribution in [0.5, 0.6) is 0 Å². The number of aryl methyl sites for hydroxylation is 1. The third kappa shape index (κ3) is 4.79. The topological polar surface area (TPSA) is 75.9 Å². The number of alkyl halides is 2. The molecule has 1 amide bonds. The number of hydrogen-bond acceptors (Lipinski definition) is 5. The lowest BCUT2D eigenvalue weighted by molar-refractivity contribution is -0.121. The Morgan fingerprint density at radius 3 is 2.67 bits per heavy atom. The molecule has 3 heterocycles. The van der Waals surface area contributed by atoms with Gasteiger partial charge in [-0.05, 0) is 37.6 Å². The Morgan fingerprint density at radius 1 is 1.23 bits per heavy atom. The zero-order valence-corrected chi connectivity index (χ0v) is 17.0. The highest BCUT2D eigenvalue weighted by Gasteiger charge is 2.30. The van der Waals surface area contributed by atoms with Gasteiger partial charge in [0.25, 0.3) is 5.92 Å². The van der Waals surface area contributed by atoms with Gasteiger partial charge in [0.1, 0.15) is 0 Å². The van der Waals surface area contributed by atoms with Crippen LogP contribution < -0.4 is 5.32 Å². The molecule has 30 heavy (non-hydrogen) atoms. The van der Waals surface area contributed by atoms with Gasteiger partial charge in [0.15, 0.2) is 0 Å². The largest absolute Gasteiger partial charge is 0.297 e. The maximum atomic E-state index is 13.2. The molecule has 0 unspecified atom stereocenters. The molecule has 1 N–H and O–H groups in total. The van der Waals surface area contributed by atoms with Crippen molar-refractivity contribution >= 4 is 22.8 Å². The second-order valence-corrected chi connectivity index (χ2v) is 7.98. The Balaban J connectivity index is 1.43. The van der Waals surface area contributed by atoms with Gasteiger partial charge < -0.3 is 0 Å². The van der Waals surface area contributed by atoms with Crippen LogP contribution in [0.2, 0.25) is 0 Å². The number of nitrogens with zero attached hydrogens (tertiary/aromatic N) is 5. The van der Waals surface area contributed by atoms with Crippen molar-refractivity contribution in [1.82, 2.24) is 24.6 Å². The van der Waals surface area contributed by atoms with Crippen LogP contribution in [0.15, 0.2) is 36.8 Å². The first-order valence-corrected chi connectivity index (χ1v) is 9.94. The molecule has 0 saturated carbocycles. The Hall–Kier alpha value is -2.94. The van der Waals surface area contributed by atoms with Crippen molar-refractivity contribution in [2.24, 2.45) is 13.0 Å². The van der Waals surface area contributed by atoms with Crippen LogP contribution in [0, 0.1) is 5.92 Å². The second-order valence-electron chi connectivity index (χ2n) is 7.98. The van der Waals surface area contributed by atoms with E-state index in [0.29, 0.717) is 25.9 Å². The summed E-state index contributed by atoms with van der Waals surface area (Å²) >= 11 is 0. The molecule has 4 rings (SSSR count). The van der Waals surface area contributed by atoms with Crippen molar-refractivity contribution in [2.75, 3.05) is 25.0 Å². The number of carbonyl (C=O) groups excluding carboxylic acids is 1. The molecule has 1 aliphatic rings. The normalized spacial score (nSPS) is 16.1. The summed E-state index contributed by atoms with van der Waals surface area (Å²) in [5, 5.41) is 7.84. The highest BCUT2D eigenvalue weighted by atomic mass is 19.3. The maximum Gasteiger partial charge on any atom is 0.257 e. The third-order valence-corrected chi connectivity index (χ3v) is 5.32. The van der Waals surface area contributed by atoms with E-state index in [0.717, 1.165) is 29.0 Å². The minimum Gasteiger partial charge on any atom is -0.297 e. The minimum atomic E-state index is -2.72. The zero-order valence-electron chi connectivity index (χ0n) is 17.0. The quantitative estimate of drug-likeness (QED) is 0.693. The zero-order chi connectivity index (χ0) is 21.3. The van der Waals surface area contributed by atoms with Gasteiger partial charge in [-0.3, -0.25) is 19.7 Å². The van der Waals surface area contributed by atoms with Crippen molar-refractivity contribution in [1.29, 1.82) is 0 Å². The monoisotopic (exact) mass is 414 g/mol. The summed E-state index contributed by atoms with van der Waals surface area (Å²) in [7, 11) is 1.86. The molecule has 1 fully saturated rings. The molecule has 0 atom stereocenters. The molecule has 1 aliphatic heterocycles. The van der Waals surface area contributed by atoms with Crippen LogP contribution in [0.25, 0.3) is 22.0 Å². The van der Waals surface area contributed by atoms with E-state index in [9.17, 15) is 13.6 Å². The van der Waals surface area contributed by atoms with E-state index < -0.39 is 5.92 Å². The summed E-state index contributed by atoms with van der Waals surface area (Å²) in [6.45, 7) is 1.61. The van der Waals surface area contributed by atoms with E-state index in [-0.39, 0.29) is 24.3 Å². The van der Waals surface area contributed by atoms with Crippen molar-refractivity contribution in [3.05, 3.63) is 36.8 Å². The molecular weight excluding hydrogens is 390 g/mol. The fraction of sp³-hybridized carbons (Fsp3) is 0.429. The predicted molar refractivity (Wildman–Crippen MR) is 110 cm³/mol. The molecule has 3 aromatic rings. The van der Waals surface area contributed by atoms with Crippen LogP contribution in [0.1, 0.15) is 19.8 Å². The summed E-state index contributed by atoms with van der Waals surface area (Å²) in [5.74, 6) is -2.87. The first kappa shape index (κ1) is 20.3. The van der Waals surface area contributed by atoms with Gasteiger partial charge in [-0.15, -0.1) is 0 Å². The summed E-state index contributed by atoms with van der Waals surface area (Å²) in [4.78, 5) is 23.1. The Bertz CT molecular complexity index is 1050. The fourth-order valence-electron chi connectivity index (χ4n) is 3.79. The van der Waals surface area contributed by atoms with Crippen LogP contribution in [-0.4, -0.2) is 56.1 Å². The van der Waals surface area contributed by atoms with Gasteiger partial charge in [0, 0.05) is 43.2 Å². The maximum absolute atomic E-state index is 13.2. The van der Waals surface area contributed by atoms with Gasteiger partial charge in [0.2, 0.25) is 11.9 Å². The summed E-state index contributed by atoms with van der Waals surface area (Å²) in [6, 6.07) is 5.85. The van der Waals surface area contributed by atoms with Gasteiger partial charge in [-0.1, -0.05) is 12.1 Å². The highest BCUT2D eigenvalue weighted by Crippen LogP contribution is 2.25. The molecule has 0 bridgehead atoms. The summed E-state index contributed by atoms with van der Waals surface area (Å²) in [5.41, 5.74) is 2.68. The van der Waals surface area contributed by atoms with Gasteiger partial charge >= 0.3 is 0 Å². The van der Waals surface area contributed by atoms with Gasteiger partial charge in [0.05, 0.1) is 18.3 Å². The summed E-state index contributed by atoms with van der Waals surface area (Å²) in [6.07, 6.45) is 6.47. The SMILES string of the molecule is Cn1cc(-c2ccc3cnc(NC(=O)C4CCN(CC(C)(F)F)CC4)nc3c2)cn1. The van der Waals surface area contributed by atoms with Crippen molar-refractivity contribution < 1.29 is 13.6 Å². The fourth-order valence-corrected chi connectivity index (χ4v) is 3.79. The standard InChI is InChI=1S/C21H24F2N6O/c1-21(22,23)13-29-7-5-14(6-8-29)19(30)27-20-24-10-16-4-3-15(9-18(16)26-20)17-11-25-28(2)12-17/h3-4,9-12,14H,5-8,13H2,1-2H3,(H,24,26,27,30). The van der Waals surface area contributed by atoms with Crippen molar-refractivity contribution in [3.63, 3.8) is 0 Å². The molecule has 1 saturated heterocycles. The molecule has 0 aliphatic carbocycles.